The fourth-order valence-electron chi connectivity index (χ4n) is 1.41. The molecule has 0 unspecified atom stereocenters. The van der Waals surface area contributed by atoms with Crippen molar-refractivity contribution in [2.24, 2.45) is 0 Å². The lowest BCUT2D eigenvalue weighted by Crippen LogP contribution is -2.07. The molecule has 0 fully saturated rings. The third-order valence-corrected chi connectivity index (χ3v) is 3.00. The number of thiazole rings is 1. The predicted octanol–water partition coefficient (Wildman–Crippen LogP) is 2.78. The molecule has 0 bridgehead atoms. The summed E-state index contributed by atoms with van der Waals surface area (Å²) in [5.74, 6) is 0.510. The Kier molecular flexibility index (Phi) is 5.28. The lowest BCUT2D eigenvalue weighted by atomic mass is 10.2. The first-order valence-electron chi connectivity index (χ1n) is 5.88. The molecule has 6 heteroatoms. The number of rotatable bonds is 6. The Hall–Kier alpha value is -2.18. The average Bonchev–Trinajstić information content (AvgIpc) is 2.97. The van der Waals surface area contributed by atoms with Crippen molar-refractivity contribution in [2.75, 3.05) is 19.2 Å². The summed E-state index contributed by atoms with van der Waals surface area (Å²) in [6.45, 7) is 0.214. The molecule has 20 heavy (non-hydrogen) atoms. The third kappa shape index (κ3) is 4.49. The van der Waals surface area contributed by atoms with Crippen molar-refractivity contribution in [2.45, 2.75) is 0 Å². The number of anilines is 1. The van der Waals surface area contributed by atoms with Crippen LogP contribution in [-0.4, -0.2) is 24.8 Å². The number of hydrogen-bond donors (Lipinski definition) is 1. The molecule has 1 amide bonds. The fraction of sp³-hybridized carbons (Fsp3) is 0.143. The molecule has 2 aromatic rings. The molecule has 0 aliphatic heterocycles. The van der Waals surface area contributed by atoms with Crippen molar-refractivity contribution in [3.63, 3.8) is 0 Å². The van der Waals surface area contributed by atoms with E-state index >= 15 is 0 Å². The molecule has 104 valence electrons. The minimum absolute atomic E-state index is 0.209. The Morgan fingerprint density at radius 2 is 2.20 bits per heavy atom. The van der Waals surface area contributed by atoms with Crippen molar-refractivity contribution in [3.8, 4) is 5.75 Å². The summed E-state index contributed by atoms with van der Waals surface area (Å²) in [6, 6.07) is 7.35. The predicted molar refractivity (Wildman–Crippen MR) is 78.7 cm³/mol. The van der Waals surface area contributed by atoms with E-state index in [1.165, 1.54) is 17.4 Å². The van der Waals surface area contributed by atoms with Gasteiger partial charge in [-0.05, 0) is 23.8 Å². The van der Waals surface area contributed by atoms with E-state index in [1.807, 2.05) is 24.3 Å². The van der Waals surface area contributed by atoms with Crippen LogP contribution in [-0.2, 0) is 9.53 Å². The molecule has 0 saturated heterocycles. The van der Waals surface area contributed by atoms with E-state index in [-0.39, 0.29) is 12.7 Å². The zero-order valence-electron chi connectivity index (χ0n) is 10.9. The van der Waals surface area contributed by atoms with Crippen LogP contribution in [0.2, 0.25) is 0 Å². The second kappa shape index (κ2) is 7.42. The zero-order valence-corrected chi connectivity index (χ0v) is 11.7. The second-order valence-electron chi connectivity index (χ2n) is 3.78. The lowest BCUT2D eigenvalue weighted by Gasteiger charge is -2.04. The second-order valence-corrected chi connectivity index (χ2v) is 4.67. The number of nitrogens with zero attached hydrogens (tertiary/aromatic N) is 1. The van der Waals surface area contributed by atoms with E-state index in [0.717, 1.165) is 11.3 Å². The summed E-state index contributed by atoms with van der Waals surface area (Å²) in [5, 5.41) is 5.06. The van der Waals surface area contributed by atoms with Gasteiger partial charge < -0.3 is 9.47 Å². The van der Waals surface area contributed by atoms with Crippen LogP contribution in [0.15, 0.2) is 41.9 Å². The van der Waals surface area contributed by atoms with Gasteiger partial charge in [-0.2, -0.15) is 0 Å². The monoisotopic (exact) mass is 290 g/mol. The number of benzene rings is 1. The molecular formula is C14H14N2O3S. The number of carbonyl (C=O) groups excluding carboxylic acids is 1. The number of ether oxygens (including phenoxy) is 2. The molecule has 1 aromatic heterocycles. The van der Waals surface area contributed by atoms with Crippen LogP contribution in [0.25, 0.3) is 6.08 Å². The molecule has 0 aliphatic rings. The molecule has 5 nitrogen and oxygen atoms in total. The number of nitrogens with one attached hydrogen (secondary N) is 1. The highest BCUT2D eigenvalue weighted by Gasteiger charge is 1.99. The van der Waals surface area contributed by atoms with Crippen LogP contribution in [0.5, 0.6) is 5.75 Å². The van der Waals surface area contributed by atoms with Crippen LogP contribution in [0, 0.1) is 0 Å². The standard InChI is InChI=1S/C14H14N2O3S/c1-18-10-19-12-5-2-11(3-6-12)4-7-13(17)16-14-15-8-9-20-14/h2-9H,10H2,1H3,(H,15,16,17)/b7-4+. The van der Waals surface area contributed by atoms with Crippen molar-refractivity contribution in [1.29, 1.82) is 0 Å². The molecule has 1 aromatic carbocycles. The van der Waals surface area contributed by atoms with Gasteiger partial charge in [-0.15, -0.1) is 11.3 Å². The minimum atomic E-state index is -0.209. The highest BCUT2D eigenvalue weighted by molar-refractivity contribution is 7.13. The fourth-order valence-corrected chi connectivity index (χ4v) is 1.94. The zero-order chi connectivity index (χ0) is 14.2. The molecule has 0 aliphatic carbocycles. The van der Waals surface area contributed by atoms with Gasteiger partial charge >= 0.3 is 0 Å². The highest BCUT2D eigenvalue weighted by Crippen LogP contribution is 2.14. The minimum Gasteiger partial charge on any atom is -0.468 e. The Morgan fingerprint density at radius 1 is 1.40 bits per heavy atom. The lowest BCUT2D eigenvalue weighted by molar-refractivity contribution is -0.111. The van der Waals surface area contributed by atoms with Gasteiger partial charge in [-0.3, -0.25) is 10.1 Å². The van der Waals surface area contributed by atoms with E-state index in [0.29, 0.717) is 5.13 Å². The van der Waals surface area contributed by atoms with Gasteiger partial charge in [0.15, 0.2) is 11.9 Å². The van der Waals surface area contributed by atoms with Gasteiger partial charge in [0.1, 0.15) is 5.75 Å². The van der Waals surface area contributed by atoms with E-state index < -0.39 is 0 Å². The van der Waals surface area contributed by atoms with E-state index in [2.05, 4.69) is 10.3 Å². The maximum absolute atomic E-state index is 11.6. The molecule has 1 heterocycles. The van der Waals surface area contributed by atoms with E-state index in [4.69, 9.17) is 9.47 Å². The van der Waals surface area contributed by atoms with Crippen LogP contribution in [0.3, 0.4) is 0 Å². The molecule has 1 N–H and O–H groups in total. The molecule has 0 atom stereocenters. The molecule has 2 rings (SSSR count). The smallest absolute Gasteiger partial charge is 0.250 e. The molecule has 0 radical (unpaired) electrons. The highest BCUT2D eigenvalue weighted by atomic mass is 32.1. The van der Waals surface area contributed by atoms with Crippen LogP contribution >= 0.6 is 11.3 Å². The first-order valence-corrected chi connectivity index (χ1v) is 6.76. The average molecular weight is 290 g/mol. The summed E-state index contributed by atoms with van der Waals surface area (Å²) in [6.07, 6.45) is 4.83. The van der Waals surface area contributed by atoms with Gasteiger partial charge in [-0.1, -0.05) is 12.1 Å². The Labute approximate surface area is 120 Å². The quantitative estimate of drug-likeness (QED) is 0.656. The summed E-state index contributed by atoms with van der Waals surface area (Å²) in [7, 11) is 1.57. The van der Waals surface area contributed by atoms with E-state index in [9.17, 15) is 4.79 Å². The number of carbonyl (C=O) groups is 1. The van der Waals surface area contributed by atoms with Crippen molar-refractivity contribution in [1.82, 2.24) is 4.98 Å². The topological polar surface area (TPSA) is 60.5 Å². The molecule has 0 saturated carbocycles. The first kappa shape index (κ1) is 14.2. The van der Waals surface area contributed by atoms with Crippen molar-refractivity contribution >= 4 is 28.5 Å². The SMILES string of the molecule is COCOc1ccc(/C=C/C(=O)Nc2nccs2)cc1. The summed E-state index contributed by atoms with van der Waals surface area (Å²) in [4.78, 5) is 15.6. The van der Waals surface area contributed by atoms with Gasteiger partial charge in [0.25, 0.3) is 0 Å². The summed E-state index contributed by atoms with van der Waals surface area (Å²) < 4.78 is 10.1. The largest absolute Gasteiger partial charge is 0.468 e. The first-order chi connectivity index (χ1) is 9.78. The Bertz CT molecular complexity index is 565. The van der Waals surface area contributed by atoms with Crippen molar-refractivity contribution < 1.29 is 14.3 Å². The van der Waals surface area contributed by atoms with Crippen molar-refractivity contribution in [3.05, 3.63) is 47.5 Å². The maximum atomic E-state index is 11.6. The summed E-state index contributed by atoms with van der Waals surface area (Å²) >= 11 is 1.38. The Morgan fingerprint density at radius 3 is 2.85 bits per heavy atom. The number of amides is 1. The molecule has 0 spiro atoms. The number of aromatic nitrogens is 1. The van der Waals surface area contributed by atoms with Crippen LogP contribution in [0.4, 0.5) is 5.13 Å². The van der Waals surface area contributed by atoms with Crippen LogP contribution in [0.1, 0.15) is 5.56 Å². The Balaban J connectivity index is 1.88. The normalized spacial score (nSPS) is 10.7. The summed E-state index contributed by atoms with van der Waals surface area (Å²) in [5.41, 5.74) is 0.907. The van der Waals surface area contributed by atoms with E-state index in [1.54, 1.807) is 24.8 Å². The van der Waals surface area contributed by atoms with Gasteiger partial charge in [0.2, 0.25) is 5.91 Å². The maximum Gasteiger partial charge on any atom is 0.250 e. The molecular weight excluding hydrogens is 276 g/mol. The van der Waals surface area contributed by atoms with Gasteiger partial charge in [-0.25, -0.2) is 4.98 Å². The van der Waals surface area contributed by atoms with Gasteiger partial charge in [0.05, 0.1) is 0 Å². The number of methoxy groups -OCH3 is 1. The third-order valence-electron chi connectivity index (χ3n) is 2.31. The van der Waals surface area contributed by atoms with Crippen LogP contribution < -0.4 is 10.1 Å². The number of hydrogen-bond acceptors (Lipinski definition) is 5. The van der Waals surface area contributed by atoms with Gasteiger partial charge in [0, 0.05) is 24.8 Å².